The first-order valence-electron chi connectivity index (χ1n) is 14.2. The highest BCUT2D eigenvalue weighted by molar-refractivity contribution is 5.20. The minimum Gasteiger partial charge on any atom is -0.0654 e. The second kappa shape index (κ2) is 13.1. The van der Waals surface area contributed by atoms with Crippen LogP contribution in [0.5, 0.6) is 0 Å². The Morgan fingerprint density at radius 3 is 1.84 bits per heavy atom. The molecule has 1 aromatic carbocycles. The molecule has 3 atom stereocenters. The van der Waals surface area contributed by atoms with Gasteiger partial charge in [0.1, 0.15) is 0 Å². The minimum absolute atomic E-state index is 0.763. The van der Waals surface area contributed by atoms with Gasteiger partial charge in [-0.25, -0.2) is 0 Å². The van der Waals surface area contributed by atoms with Gasteiger partial charge in [-0.2, -0.15) is 0 Å². The Balaban J connectivity index is 1.49. The molecule has 0 aliphatic heterocycles. The third-order valence-electron chi connectivity index (χ3n) is 9.64. The van der Waals surface area contributed by atoms with Crippen LogP contribution in [0.1, 0.15) is 129 Å². The third kappa shape index (κ3) is 7.10. The maximum absolute atomic E-state index is 2.62. The van der Waals surface area contributed by atoms with Gasteiger partial charge in [0.2, 0.25) is 0 Å². The van der Waals surface area contributed by atoms with Crippen molar-refractivity contribution >= 4 is 0 Å². The average Bonchev–Trinajstić information content (AvgIpc) is 2.83. The zero-order valence-corrected chi connectivity index (χ0v) is 21.3. The van der Waals surface area contributed by atoms with Crippen LogP contribution in [-0.2, 0) is 0 Å². The molecule has 0 radical (unpaired) electrons. The zero-order valence-electron chi connectivity index (χ0n) is 21.3. The number of rotatable bonds is 11. The van der Waals surface area contributed by atoms with Crippen LogP contribution in [0.25, 0.3) is 0 Å². The molecular weight excluding hydrogens is 372 g/mol. The molecule has 0 spiro atoms. The van der Waals surface area contributed by atoms with Gasteiger partial charge in [0.25, 0.3) is 0 Å². The van der Waals surface area contributed by atoms with Crippen LogP contribution in [0.2, 0.25) is 0 Å². The monoisotopic (exact) mass is 424 g/mol. The van der Waals surface area contributed by atoms with Crippen LogP contribution in [0.4, 0.5) is 0 Å². The van der Waals surface area contributed by atoms with Gasteiger partial charge in [0, 0.05) is 0 Å². The van der Waals surface area contributed by atoms with E-state index in [9.17, 15) is 0 Å². The van der Waals surface area contributed by atoms with E-state index in [1.807, 2.05) is 0 Å². The van der Waals surface area contributed by atoms with Crippen LogP contribution in [0, 0.1) is 35.5 Å². The largest absolute Gasteiger partial charge is 0.0654 e. The zero-order chi connectivity index (χ0) is 22.1. The maximum Gasteiger partial charge on any atom is -0.0134 e. The highest BCUT2D eigenvalue weighted by atomic mass is 14.4. The first kappa shape index (κ1) is 24.9. The quantitative estimate of drug-likeness (QED) is 0.331. The topological polar surface area (TPSA) is 0 Å². The van der Waals surface area contributed by atoms with E-state index in [2.05, 4.69) is 58.0 Å². The normalized spacial score (nSPS) is 29.9. The van der Waals surface area contributed by atoms with E-state index in [-0.39, 0.29) is 0 Å². The lowest BCUT2D eigenvalue weighted by atomic mass is 9.64. The summed E-state index contributed by atoms with van der Waals surface area (Å²) in [5, 5.41) is 0. The van der Waals surface area contributed by atoms with Gasteiger partial charge >= 0.3 is 0 Å². The van der Waals surface area contributed by atoms with Gasteiger partial charge in [0.05, 0.1) is 0 Å². The van der Waals surface area contributed by atoms with Crippen molar-refractivity contribution in [2.75, 3.05) is 0 Å². The predicted octanol–water partition coefficient (Wildman–Crippen LogP) is 10.0. The van der Waals surface area contributed by atoms with Gasteiger partial charge in [-0.05, 0) is 91.9 Å². The van der Waals surface area contributed by atoms with Crippen molar-refractivity contribution in [1.29, 1.82) is 0 Å². The molecule has 0 saturated heterocycles. The van der Waals surface area contributed by atoms with Crippen LogP contribution >= 0.6 is 0 Å². The molecular formula is C31H52. The second-order valence-electron chi connectivity index (χ2n) is 11.5. The predicted molar refractivity (Wildman–Crippen MR) is 137 cm³/mol. The molecule has 2 fully saturated rings. The van der Waals surface area contributed by atoms with Gasteiger partial charge in [0.15, 0.2) is 0 Å². The first-order valence-corrected chi connectivity index (χ1v) is 14.2. The lowest BCUT2D eigenvalue weighted by Gasteiger charge is -2.41. The van der Waals surface area contributed by atoms with E-state index < -0.39 is 0 Å². The molecule has 0 N–H and O–H groups in total. The summed E-state index contributed by atoms with van der Waals surface area (Å²) in [5.41, 5.74) is 1.60. The highest BCUT2D eigenvalue weighted by Gasteiger charge is 2.35. The summed E-state index contributed by atoms with van der Waals surface area (Å²) in [6.45, 7) is 9.90. The fraction of sp³-hybridized carbons (Fsp3) is 0.806. The van der Waals surface area contributed by atoms with Crippen molar-refractivity contribution in [2.24, 2.45) is 35.5 Å². The molecule has 2 aliphatic carbocycles. The van der Waals surface area contributed by atoms with E-state index in [0.29, 0.717) is 0 Å². The summed E-state index contributed by atoms with van der Waals surface area (Å²) in [5.74, 6) is 6.59. The Kier molecular flexibility index (Phi) is 10.5. The van der Waals surface area contributed by atoms with Crippen molar-refractivity contribution in [3.8, 4) is 0 Å². The SMILES string of the molecule is CCCCC1CCC(C(C)C2CCC(C(C)C(CCCC)c3ccccc3)CC2)CC1. The smallest absolute Gasteiger partial charge is 0.0134 e. The number of benzene rings is 1. The Labute approximate surface area is 195 Å². The van der Waals surface area contributed by atoms with Gasteiger partial charge in [-0.15, -0.1) is 0 Å². The van der Waals surface area contributed by atoms with Gasteiger partial charge in [-0.3, -0.25) is 0 Å². The molecule has 0 bridgehead atoms. The Morgan fingerprint density at radius 2 is 1.26 bits per heavy atom. The molecule has 0 nitrogen and oxygen atoms in total. The van der Waals surface area contributed by atoms with Crippen molar-refractivity contribution in [3.05, 3.63) is 35.9 Å². The van der Waals surface area contributed by atoms with Crippen molar-refractivity contribution in [2.45, 2.75) is 124 Å². The van der Waals surface area contributed by atoms with Gasteiger partial charge < -0.3 is 0 Å². The standard InChI is InChI=1S/C31H52/c1-5-7-12-26-16-18-27(19-17-26)24(3)28-20-22-29(23-21-28)25(4)31(15-8-6-2)30-13-10-9-11-14-30/h9-11,13-14,24-29,31H,5-8,12,15-23H2,1-4H3. The fourth-order valence-electron chi connectivity index (χ4n) is 7.26. The highest BCUT2D eigenvalue weighted by Crippen LogP contribution is 2.46. The molecule has 176 valence electrons. The molecule has 3 unspecified atom stereocenters. The van der Waals surface area contributed by atoms with E-state index in [0.717, 1.165) is 41.4 Å². The Morgan fingerprint density at radius 1 is 0.710 bits per heavy atom. The first-order chi connectivity index (χ1) is 15.1. The molecule has 0 amide bonds. The summed E-state index contributed by atoms with van der Waals surface area (Å²) >= 11 is 0. The van der Waals surface area contributed by atoms with Gasteiger partial charge in [-0.1, -0.05) is 103 Å². The second-order valence-corrected chi connectivity index (χ2v) is 11.5. The molecule has 0 heterocycles. The lowest BCUT2D eigenvalue weighted by Crippen LogP contribution is -2.31. The Bertz CT molecular complexity index is 573. The molecule has 31 heavy (non-hydrogen) atoms. The summed E-state index contributed by atoms with van der Waals surface area (Å²) in [6, 6.07) is 11.4. The number of hydrogen-bond acceptors (Lipinski definition) is 0. The number of unbranched alkanes of at least 4 members (excludes halogenated alkanes) is 2. The summed E-state index contributed by atoms with van der Waals surface area (Å²) in [4.78, 5) is 0. The van der Waals surface area contributed by atoms with E-state index in [1.165, 1.54) is 89.9 Å². The lowest BCUT2D eigenvalue weighted by molar-refractivity contribution is 0.105. The third-order valence-corrected chi connectivity index (χ3v) is 9.64. The summed E-state index contributed by atoms with van der Waals surface area (Å²) in [6.07, 6.45) is 20.5. The van der Waals surface area contributed by atoms with Crippen LogP contribution < -0.4 is 0 Å². The molecule has 3 rings (SSSR count). The van der Waals surface area contributed by atoms with Crippen LogP contribution in [-0.4, -0.2) is 0 Å². The van der Waals surface area contributed by atoms with Crippen molar-refractivity contribution < 1.29 is 0 Å². The molecule has 0 heteroatoms. The number of hydrogen-bond donors (Lipinski definition) is 0. The van der Waals surface area contributed by atoms with Crippen LogP contribution in [0.3, 0.4) is 0 Å². The van der Waals surface area contributed by atoms with Crippen molar-refractivity contribution in [1.82, 2.24) is 0 Å². The van der Waals surface area contributed by atoms with E-state index in [4.69, 9.17) is 0 Å². The molecule has 2 aliphatic rings. The molecule has 1 aromatic rings. The summed E-state index contributed by atoms with van der Waals surface area (Å²) < 4.78 is 0. The average molecular weight is 425 g/mol. The maximum atomic E-state index is 2.62. The molecule has 0 aromatic heterocycles. The fourth-order valence-corrected chi connectivity index (χ4v) is 7.26. The van der Waals surface area contributed by atoms with E-state index in [1.54, 1.807) is 5.56 Å². The van der Waals surface area contributed by atoms with Crippen molar-refractivity contribution in [3.63, 3.8) is 0 Å². The summed E-state index contributed by atoms with van der Waals surface area (Å²) in [7, 11) is 0. The molecule has 2 saturated carbocycles. The minimum atomic E-state index is 0.763. The van der Waals surface area contributed by atoms with E-state index >= 15 is 0 Å². The Hall–Kier alpha value is -0.780. The van der Waals surface area contributed by atoms with Crippen LogP contribution in [0.15, 0.2) is 30.3 Å².